The highest BCUT2D eigenvalue weighted by molar-refractivity contribution is 5.80. The zero-order chi connectivity index (χ0) is 14.4. The van der Waals surface area contributed by atoms with Gasteiger partial charge in [0.1, 0.15) is 6.54 Å². The molecule has 2 amide bonds. The molecule has 0 aromatic heterocycles. The Hall–Kier alpha value is -1.30. The number of rotatable bonds is 5. The Labute approximate surface area is 114 Å². The summed E-state index contributed by atoms with van der Waals surface area (Å²) >= 11 is 0. The summed E-state index contributed by atoms with van der Waals surface area (Å²) in [4.78, 5) is 26.4. The molecule has 1 saturated heterocycles. The quantitative estimate of drug-likeness (QED) is 0.777. The van der Waals surface area contributed by atoms with Crippen molar-refractivity contribution in [3.8, 4) is 0 Å². The third-order valence-corrected chi connectivity index (χ3v) is 3.34. The van der Waals surface area contributed by atoms with Crippen LogP contribution < -0.4 is 5.32 Å². The molecule has 6 heteroatoms. The molecule has 0 radical (unpaired) electrons. The number of carboxylic acids is 1. The van der Waals surface area contributed by atoms with Gasteiger partial charge in [0.05, 0.1) is 0 Å². The molecule has 0 atom stereocenters. The second-order valence-corrected chi connectivity index (χ2v) is 5.54. The zero-order valence-corrected chi connectivity index (χ0v) is 12.1. The van der Waals surface area contributed by atoms with Crippen LogP contribution in [0.4, 0.5) is 4.79 Å². The van der Waals surface area contributed by atoms with E-state index in [-0.39, 0.29) is 24.5 Å². The maximum atomic E-state index is 12.4. The Morgan fingerprint density at radius 3 is 2.37 bits per heavy atom. The van der Waals surface area contributed by atoms with E-state index < -0.39 is 5.97 Å². The molecule has 1 aliphatic rings. The standard InChI is InChI=1S/C13H25N3O3/c1-10(2)8-16(9-12(17)18)13(19)15(3)11-4-6-14-7-5-11/h10-11,14H,4-9H2,1-3H3,(H,17,18). The van der Waals surface area contributed by atoms with Crippen LogP contribution in [0.15, 0.2) is 0 Å². The number of carbonyl (C=O) groups excluding carboxylic acids is 1. The first-order chi connectivity index (χ1) is 8.91. The van der Waals surface area contributed by atoms with Crippen LogP contribution in [0.3, 0.4) is 0 Å². The summed E-state index contributed by atoms with van der Waals surface area (Å²) in [5.41, 5.74) is 0. The molecule has 1 heterocycles. The summed E-state index contributed by atoms with van der Waals surface area (Å²) in [7, 11) is 1.77. The van der Waals surface area contributed by atoms with E-state index in [4.69, 9.17) is 5.11 Å². The summed E-state index contributed by atoms with van der Waals surface area (Å²) in [6.45, 7) is 6.02. The molecular formula is C13H25N3O3. The van der Waals surface area contributed by atoms with Crippen LogP contribution in [-0.4, -0.2) is 66.2 Å². The van der Waals surface area contributed by atoms with Gasteiger partial charge in [0, 0.05) is 19.6 Å². The summed E-state index contributed by atoms with van der Waals surface area (Å²) in [5.74, 6) is -0.711. The van der Waals surface area contributed by atoms with Gasteiger partial charge < -0.3 is 20.2 Å². The van der Waals surface area contributed by atoms with Gasteiger partial charge in [0.25, 0.3) is 0 Å². The molecule has 0 aromatic rings. The fourth-order valence-corrected chi connectivity index (χ4v) is 2.39. The predicted molar refractivity (Wildman–Crippen MR) is 73.1 cm³/mol. The summed E-state index contributed by atoms with van der Waals surface area (Å²) in [6, 6.07) is 0.0280. The highest BCUT2D eigenvalue weighted by Crippen LogP contribution is 2.13. The topological polar surface area (TPSA) is 72.9 Å². The minimum absolute atomic E-state index is 0.178. The van der Waals surface area contributed by atoms with Gasteiger partial charge >= 0.3 is 12.0 Å². The molecule has 0 saturated carbocycles. The van der Waals surface area contributed by atoms with Gasteiger partial charge in [-0.15, -0.1) is 0 Å². The smallest absolute Gasteiger partial charge is 0.323 e. The molecule has 0 aromatic carbocycles. The van der Waals surface area contributed by atoms with Gasteiger partial charge in [-0.1, -0.05) is 13.8 Å². The molecule has 1 aliphatic heterocycles. The summed E-state index contributed by atoms with van der Waals surface area (Å²) < 4.78 is 0. The molecule has 110 valence electrons. The number of amides is 2. The van der Waals surface area contributed by atoms with Gasteiger partial charge in [-0.05, 0) is 31.8 Å². The van der Waals surface area contributed by atoms with Gasteiger partial charge in [0.2, 0.25) is 0 Å². The van der Waals surface area contributed by atoms with Crippen LogP contribution in [0.1, 0.15) is 26.7 Å². The Morgan fingerprint density at radius 1 is 1.32 bits per heavy atom. The average Bonchev–Trinajstić information content (AvgIpc) is 2.36. The summed E-state index contributed by atoms with van der Waals surface area (Å²) in [5, 5.41) is 12.2. The highest BCUT2D eigenvalue weighted by Gasteiger charge is 2.27. The fraction of sp³-hybridized carbons (Fsp3) is 0.846. The number of aliphatic carboxylic acids is 1. The molecule has 1 fully saturated rings. The van der Waals surface area contributed by atoms with Crippen molar-refractivity contribution < 1.29 is 14.7 Å². The van der Waals surface area contributed by atoms with E-state index >= 15 is 0 Å². The molecule has 0 unspecified atom stereocenters. The molecule has 6 nitrogen and oxygen atoms in total. The monoisotopic (exact) mass is 271 g/mol. The molecular weight excluding hydrogens is 246 g/mol. The van der Waals surface area contributed by atoms with Crippen LogP contribution in [0.5, 0.6) is 0 Å². The van der Waals surface area contributed by atoms with Crippen LogP contribution in [0.2, 0.25) is 0 Å². The molecule has 0 aliphatic carbocycles. The molecule has 19 heavy (non-hydrogen) atoms. The van der Waals surface area contributed by atoms with E-state index in [2.05, 4.69) is 5.32 Å². The predicted octanol–water partition coefficient (Wildman–Crippen LogP) is 0.833. The minimum atomic E-state index is -0.965. The maximum Gasteiger partial charge on any atom is 0.323 e. The van der Waals surface area contributed by atoms with Gasteiger partial charge in [-0.3, -0.25) is 4.79 Å². The maximum absolute atomic E-state index is 12.4. The van der Waals surface area contributed by atoms with Crippen molar-refractivity contribution in [2.75, 3.05) is 33.2 Å². The van der Waals surface area contributed by atoms with Crippen molar-refractivity contribution in [3.05, 3.63) is 0 Å². The van der Waals surface area contributed by atoms with Crippen molar-refractivity contribution in [1.29, 1.82) is 0 Å². The van der Waals surface area contributed by atoms with E-state index in [1.54, 1.807) is 11.9 Å². The lowest BCUT2D eigenvalue weighted by Gasteiger charge is -2.35. The average molecular weight is 271 g/mol. The normalized spacial score (nSPS) is 16.4. The second kappa shape index (κ2) is 7.33. The van der Waals surface area contributed by atoms with Gasteiger partial charge in [-0.2, -0.15) is 0 Å². The fourth-order valence-electron chi connectivity index (χ4n) is 2.39. The number of nitrogens with zero attached hydrogens (tertiary/aromatic N) is 2. The Morgan fingerprint density at radius 2 is 1.89 bits per heavy atom. The Balaban J connectivity index is 2.64. The molecule has 2 N–H and O–H groups in total. The number of hydrogen-bond donors (Lipinski definition) is 2. The minimum Gasteiger partial charge on any atom is -0.480 e. The number of piperidine rings is 1. The first-order valence-corrected chi connectivity index (χ1v) is 6.86. The van der Waals surface area contributed by atoms with Gasteiger partial charge in [-0.25, -0.2) is 4.79 Å². The van der Waals surface area contributed by atoms with Crippen molar-refractivity contribution in [2.24, 2.45) is 5.92 Å². The molecule has 0 bridgehead atoms. The highest BCUT2D eigenvalue weighted by atomic mass is 16.4. The lowest BCUT2D eigenvalue weighted by atomic mass is 10.1. The number of carbonyl (C=O) groups is 2. The first-order valence-electron chi connectivity index (χ1n) is 6.86. The van der Waals surface area contributed by atoms with Crippen LogP contribution in [0, 0.1) is 5.92 Å². The molecule has 0 spiro atoms. The number of carboxylic acid groups (broad SMARTS) is 1. The number of urea groups is 1. The lowest BCUT2D eigenvalue weighted by molar-refractivity contribution is -0.137. The first kappa shape index (κ1) is 15.8. The van der Waals surface area contributed by atoms with Crippen molar-refractivity contribution in [1.82, 2.24) is 15.1 Å². The third-order valence-electron chi connectivity index (χ3n) is 3.34. The SMILES string of the molecule is CC(C)CN(CC(=O)O)C(=O)N(C)C1CCNCC1. The zero-order valence-electron chi connectivity index (χ0n) is 12.1. The van der Waals surface area contributed by atoms with Gasteiger partial charge in [0.15, 0.2) is 0 Å². The number of hydrogen-bond acceptors (Lipinski definition) is 3. The number of nitrogens with one attached hydrogen (secondary N) is 1. The third kappa shape index (κ3) is 5.06. The molecule has 1 rings (SSSR count). The van der Waals surface area contributed by atoms with Crippen molar-refractivity contribution in [3.63, 3.8) is 0 Å². The Bertz CT molecular complexity index is 314. The van der Waals surface area contributed by atoms with E-state index in [0.717, 1.165) is 25.9 Å². The van der Waals surface area contributed by atoms with E-state index in [9.17, 15) is 9.59 Å². The van der Waals surface area contributed by atoms with Crippen LogP contribution in [-0.2, 0) is 4.79 Å². The largest absolute Gasteiger partial charge is 0.480 e. The van der Waals surface area contributed by atoms with Crippen molar-refractivity contribution in [2.45, 2.75) is 32.7 Å². The van der Waals surface area contributed by atoms with Crippen molar-refractivity contribution >= 4 is 12.0 Å². The van der Waals surface area contributed by atoms with E-state index in [1.165, 1.54) is 4.90 Å². The second-order valence-electron chi connectivity index (χ2n) is 5.54. The Kier molecular flexibility index (Phi) is 6.08. The van der Waals surface area contributed by atoms with Crippen LogP contribution >= 0.6 is 0 Å². The van der Waals surface area contributed by atoms with E-state index in [0.29, 0.717) is 6.54 Å². The van der Waals surface area contributed by atoms with E-state index in [1.807, 2.05) is 13.8 Å². The lowest BCUT2D eigenvalue weighted by Crippen LogP contribution is -2.51. The van der Waals surface area contributed by atoms with Crippen LogP contribution in [0.25, 0.3) is 0 Å². The summed E-state index contributed by atoms with van der Waals surface area (Å²) in [6.07, 6.45) is 1.84.